The van der Waals surface area contributed by atoms with Crippen LogP contribution in [0, 0.1) is 5.92 Å². The van der Waals surface area contributed by atoms with Crippen LogP contribution in [-0.2, 0) is 4.79 Å². The Morgan fingerprint density at radius 3 is 3.00 bits per heavy atom. The second-order valence-electron chi connectivity index (χ2n) is 4.64. The summed E-state index contributed by atoms with van der Waals surface area (Å²) in [5, 5.41) is 9.20. The molecular formula is C12H20ClN5O2. The minimum atomic E-state index is -0.146. The van der Waals surface area contributed by atoms with Crippen molar-refractivity contribution in [2.75, 3.05) is 26.2 Å². The number of H-pyrrole nitrogens is 1. The highest BCUT2D eigenvalue weighted by Crippen LogP contribution is 2.18. The standard InChI is InChI=1S/C12H19N5O2.ClH/c13-4-6-14-11(18)9-2-1-7-17(8-9)12(19)10-3-5-15-16-10;/h3,5,9H,1-2,4,6-8,13H2,(H,14,18)(H,15,16);1H. The second-order valence-corrected chi connectivity index (χ2v) is 4.64. The lowest BCUT2D eigenvalue weighted by Crippen LogP contribution is -2.46. The van der Waals surface area contributed by atoms with Crippen LogP contribution in [0.3, 0.4) is 0 Å². The third-order valence-electron chi connectivity index (χ3n) is 3.25. The average Bonchev–Trinajstić information content (AvgIpc) is 2.98. The highest BCUT2D eigenvalue weighted by Gasteiger charge is 2.29. The molecule has 1 aromatic heterocycles. The van der Waals surface area contributed by atoms with E-state index in [9.17, 15) is 9.59 Å². The number of nitrogens with two attached hydrogens (primary N) is 1. The summed E-state index contributed by atoms with van der Waals surface area (Å²) in [5.74, 6) is -0.270. The van der Waals surface area contributed by atoms with Crippen LogP contribution in [-0.4, -0.2) is 53.1 Å². The normalized spacial score (nSPS) is 18.2. The van der Waals surface area contributed by atoms with Crippen molar-refractivity contribution in [1.82, 2.24) is 20.4 Å². The first-order chi connectivity index (χ1) is 9.22. The maximum atomic E-state index is 12.1. The number of carbonyl (C=O) groups excluding carboxylic acids is 2. The fourth-order valence-corrected chi connectivity index (χ4v) is 2.26. The van der Waals surface area contributed by atoms with E-state index in [0.29, 0.717) is 31.9 Å². The van der Waals surface area contributed by atoms with Crippen molar-refractivity contribution in [2.45, 2.75) is 12.8 Å². The lowest BCUT2D eigenvalue weighted by molar-refractivity contribution is -0.126. The van der Waals surface area contributed by atoms with Gasteiger partial charge in [-0.1, -0.05) is 0 Å². The first-order valence-electron chi connectivity index (χ1n) is 6.49. The number of amides is 2. The number of aromatic amines is 1. The Balaban J connectivity index is 0.00000200. The van der Waals surface area contributed by atoms with Crippen LogP contribution in [0.2, 0.25) is 0 Å². The van der Waals surface area contributed by atoms with E-state index in [2.05, 4.69) is 15.5 Å². The quantitative estimate of drug-likeness (QED) is 0.714. The molecule has 1 aromatic rings. The van der Waals surface area contributed by atoms with Gasteiger partial charge < -0.3 is 16.0 Å². The first-order valence-corrected chi connectivity index (χ1v) is 6.49. The van der Waals surface area contributed by atoms with Gasteiger partial charge in [-0.25, -0.2) is 0 Å². The van der Waals surface area contributed by atoms with E-state index in [1.807, 2.05) is 0 Å². The molecule has 112 valence electrons. The summed E-state index contributed by atoms with van der Waals surface area (Å²) < 4.78 is 0. The zero-order chi connectivity index (χ0) is 13.7. The number of carbonyl (C=O) groups is 2. The van der Waals surface area contributed by atoms with Crippen molar-refractivity contribution < 1.29 is 9.59 Å². The smallest absolute Gasteiger partial charge is 0.271 e. The van der Waals surface area contributed by atoms with Crippen molar-refractivity contribution in [3.8, 4) is 0 Å². The average molecular weight is 302 g/mol. The number of rotatable bonds is 4. The number of hydrogen-bond acceptors (Lipinski definition) is 4. The monoisotopic (exact) mass is 301 g/mol. The SMILES string of the molecule is Cl.NCCNC(=O)C1CCCN(C(=O)c2ccn[nH]2)C1. The van der Waals surface area contributed by atoms with E-state index in [4.69, 9.17) is 5.73 Å². The van der Waals surface area contributed by atoms with Gasteiger partial charge in [0.2, 0.25) is 5.91 Å². The Labute approximate surface area is 123 Å². The number of hydrogen-bond donors (Lipinski definition) is 3. The maximum absolute atomic E-state index is 12.1. The predicted molar refractivity (Wildman–Crippen MR) is 76.5 cm³/mol. The van der Waals surface area contributed by atoms with Gasteiger partial charge in [-0.2, -0.15) is 5.10 Å². The lowest BCUT2D eigenvalue weighted by atomic mass is 9.97. The molecule has 2 heterocycles. The number of halogens is 1. The molecule has 0 radical (unpaired) electrons. The highest BCUT2D eigenvalue weighted by atomic mass is 35.5. The molecule has 1 aliphatic heterocycles. The summed E-state index contributed by atoms with van der Waals surface area (Å²) >= 11 is 0. The summed E-state index contributed by atoms with van der Waals surface area (Å²) in [7, 11) is 0. The molecule has 1 atom stereocenters. The van der Waals surface area contributed by atoms with Crippen molar-refractivity contribution in [3.05, 3.63) is 18.0 Å². The van der Waals surface area contributed by atoms with Crippen LogP contribution in [0.1, 0.15) is 23.3 Å². The van der Waals surface area contributed by atoms with E-state index in [1.54, 1.807) is 17.2 Å². The van der Waals surface area contributed by atoms with Crippen LogP contribution in [0.25, 0.3) is 0 Å². The van der Waals surface area contributed by atoms with Crippen molar-refractivity contribution in [1.29, 1.82) is 0 Å². The summed E-state index contributed by atoms with van der Waals surface area (Å²) in [5.41, 5.74) is 5.82. The molecule has 0 aliphatic carbocycles. The van der Waals surface area contributed by atoms with Gasteiger partial charge in [-0.3, -0.25) is 14.7 Å². The fraction of sp³-hybridized carbons (Fsp3) is 0.583. The van der Waals surface area contributed by atoms with Crippen LogP contribution < -0.4 is 11.1 Å². The number of likely N-dealkylation sites (tertiary alicyclic amines) is 1. The molecule has 0 bridgehead atoms. The fourth-order valence-electron chi connectivity index (χ4n) is 2.26. The van der Waals surface area contributed by atoms with Crippen LogP contribution >= 0.6 is 12.4 Å². The first kappa shape index (κ1) is 16.5. The topological polar surface area (TPSA) is 104 Å². The van der Waals surface area contributed by atoms with Gasteiger partial charge in [0, 0.05) is 32.4 Å². The predicted octanol–water partition coefficient (Wildman–Crippen LogP) is -0.241. The molecule has 8 heteroatoms. The molecule has 0 aromatic carbocycles. The molecule has 1 unspecified atom stereocenters. The van der Waals surface area contributed by atoms with Crippen molar-refractivity contribution in [2.24, 2.45) is 11.7 Å². The largest absolute Gasteiger partial charge is 0.355 e. The minimum absolute atomic E-state index is 0. The Morgan fingerprint density at radius 1 is 1.55 bits per heavy atom. The Hall–Kier alpha value is -1.60. The van der Waals surface area contributed by atoms with E-state index in [1.165, 1.54) is 0 Å². The summed E-state index contributed by atoms with van der Waals surface area (Å²) in [6.07, 6.45) is 3.19. The highest BCUT2D eigenvalue weighted by molar-refractivity contribution is 5.92. The number of nitrogens with zero attached hydrogens (tertiary/aromatic N) is 2. The van der Waals surface area contributed by atoms with Crippen LogP contribution in [0.5, 0.6) is 0 Å². The van der Waals surface area contributed by atoms with Gasteiger partial charge in [0.05, 0.1) is 5.92 Å². The molecule has 0 spiro atoms. The second kappa shape index (κ2) is 7.86. The zero-order valence-electron chi connectivity index (χ0n) is 11.2. The Morgan fingerprint density at radius 2 is 2.35 bits per heavy atom. The lowest BCUT2D eigenvalue weighted by Gasteiger charge is -2.31. The van der Waals surface area contributed by atoms with E-state index < -0.39 is 0 Å². The third-order valence-corrected chi connectivity index (χ3v) is 3.25. The van der Waals surface area contributed by atoms with E-state index in [-0.39, 0.29) is 30.1 Å². The van der Waals surface area contributed by atoms with E-state index >= 15 is 0 Å². The number of piperidine rings is 1. The zero-order valence-corrected chi connectivity index (χ0v) is 12.0. The molecule has 1 fully saturated rings. The molecule has 1 saturated heterocycles. The molecule has 2 amide bonds. The Bertz CT molecular complexity index is 437. The minimum Gasteiger partial charge on any atom is -0.355 e. The van der Waals surface area contributed by atoms with Gasteiger partial charge in [-0.05, 0) is 18.9 Å². The summed E-state index contributed by atoms with van der Waals surface area (Å²) in [4.78, 5) is 25.7. The molecule has 20 heavy (non-hydrogen) atoms. The van der Waals surface area contributed by atoms with Gasteiger partial charge in [-0.15, -0.1) is 12.4 Å². The van der Waals surface area contributed by atoms with Gasteiger partial charge in [0.25, 0.3) is 5.91 Å². The van der Waals surface area contributed by atoms with Crippen LogP contribution in [0.4, 0.5) is 0 Å². The van der Waals surface area contributed by atoms with Crippen LogP contribution in [0.15, 0.2) is 12.3 Å². The number of aromatic nitrogens is 2. The molecule has 1 aliphatic rings. The summed E-state index contributed by atoms with van der Waals surface area (Å²) in [6, 6.07) is 1.64. The number of nitrogens with one attached hydrogen (secondary N) is 2. The molecule has 7 nitrogen and oxygen atoms in total. The summed E-state index contributed by atoms with van der Waals surface area (Å²) in [6.45, 7) is 2.03. The van der Waals surface area contributed by atoms with Gasteiger partial charge in [0.15, 0.2) is 0 Å². The third kappa shape index (κ3) is 3.94. The molecule has 0 saturated carbocycles. The van der Waals surface area contributed by atoms with Gasteiger partial charge >= 0.3 is 0 Å². The van der Waals surface area contributed by atoms with Crippen molar-refractivity contribution >= 4 is 24.2 Å². The Kier molecular flexibility index (Phi) is 6.47. The van der Waals surface area contributed by atoms with Gasteiger partial charge in [0.1, 0.15) is 5.69 Å². The van der Waals surface area contributed by atoms with E-state index in [0.717, 1.165) is 12.8 Å². The molecule has 4 N–H and O–H groups in total. The molecule has 2 rings (SSSR count). The van der Waals surface area contributed by atoms with Crippen molar-refractivity contribution in [3.63, 3.8) is 0 Å². The maximum Gasteiger partial charge on any atom is 0.271 e. The molecular weight excluding hydrogens is 282 g/mol.